The Bertz CT molecular complexity index is 1550. The van der Waals surface area contributed by atoms with Gasteiger partial charge in [0, 0.05) is 25.9 Å². The SMILES string of the molecule is C=CC(=O)N1C[C@@H](n2nc(C#Cc3cc4ncn(C)c4cc3F)c3c(N)nccc32)CC1C(F)F. The number of likely N-dealkylation sites (tertiary alicyclic amines) is 1. The molecular formula is C24H20F3N7O. The number of benzene rings is 1. The zero-order chi connectivity index (χ0) is 24.9. The molecule has 2 N–H and O–H groups in total. The van der Waals surface area contributed by atoms with Gasteiger partial charge in [-0.2, -0.15) is 5.10 Å². The average molecular weight is 479 g/mol. The number of aromatic nitrogens is 5. The number of hydrogen-bond acceptors (Lipinski definition) is 5. The first-order valence-electron chi connectivity index (χ1n) is 10.7. The molecule has 4 aromatic rings. The van der Waals surface area contributed by atoms with Gasteiger partial charge < -0.3 is 15.2 Å². The molecule has 0 saturated carbocycles. The second-order valence-corrected chi connectivity index (χ2v) is 8.30. The fraction of sp³-hybridized carbons (Fsp3) is 0.250. The van der Waals surface area contributed by atoms with Crippen LogP contribution in [0.1, 0.15) is 23.7 Å². The maximum Gasteiger partial charge on any atom is 0.258 e. The molecule has 1 aromatic carbocycles. The van der Waals surface area contributed by atoms with E-state index < -0.39 is 30.2 Å². The van der Waals surface area contributed by atoms with Crippen LogP contribution in [0.2, 0.25) is 0 Å². The van der Waals surface area contributed by atoms with Crippen LogP contribution in [0.3, 0.4) is 0 Å². The first-order valence-corrected chi connectivity index (χ1v) is 10.7. The Morgan fingerprint density at radius 3 is 2.83 bits per heavy atom. The number of aryl methyl sites for hydroxylation is 1. The number of hydrogen-bond donors (Lipinski definition) is 1. The number of carbonyl (C=O) groups is 1. The lowest BCUT2D eigenvalue weighted by molar-refractivity contribution is -0.129. The molecule has 1 unspecified atom stereocenters. The molecule has 11 heteroatoms. The summed E-state index contributed by atoms with van der Waals surface area (Å²) in [7, 11) is 1.76. The van der Waals surface area contributed by atoms with E-state index in [0.717, 1.165) is 11.0 Å². The fourth-order valence-electron chi connectivity index (χ4n) is 4.48. The Balaban J connectivity index is 1.58. The van der Waals surface area contributed by atoms with E-state index in [0.29, 0.717) is 21.9 Å². The third-order valence-electron chi connectivity index (χ3n) is 6.20. The predicted molar refractivity (Wildman–Crippen MR) is 124 cm³/mol. The van der Waals surface area contributed by atoms with Crippen LogP contribution in [-0.2, 0) is 11.8 Å². The molecule has 5 rings (SSSR count). The van der Waals surface area contributed by atoms with Gasteiger partial charge in [0.15, 0.2) is 0 Å². The Labute approximate surface area is 197 Å². The molecule has 8 nitrogen and oxygen atoms in total. The number of anilines is 1. The number of pyridine rings is 1. The van der Waals surface area contributed by atoms with Crippen molar-refractivity contribution in [2.45, 2.75) is 24.9 Å². The minimum absolute atomic E-state index is 0.00586. The second kappa shape index (κ2) is 8.47. The number of fused-ring (bicyclic) bond motifs is 2. The van der Waals surface area contributed by atoms with Crippen LogP contribution >= 0.6 is 0 Å². The summed E-state index contributed by atoms with van der Waals surface area (Å²) in [5, 5.41) is 4.96. The van der Waals surface area contributed by atoms with Crippen LogP contribution in [0.4, 0.5) is 19.0 Å². The van der Waals surface area contributed by atoms with Crippen molar-refractivity contribution in [2.24, 2.45) is 7.05 Å². The number of nitrogens with zero attached hydrogens (tertiary/aromatic N) is 6. The van der Waals surface area contributed by atoms with Crippen molar-refractivity contribution in [2.75, 3.05) is 12.3 Å². The predicted octanol–water partition coefficient (Wildman–Crippen LogP) is 3.03. The normalized spacial score (nSPS) is 17.8. The summed E-state index contributed by atoms with van der Waals surface area (Å²) in [6.45, 7) is 3.43. The molecule has 0 bridgehead atoms. The Hall–Kier alpha value is -4.33. The van der Waals surface area contributed by atoms with Gasteiger partial charge in [0.2, 0.25) is 5.91 Å². The van der Waals surface area contributed by atoms with Crippen molar-refractivity contribution in [3.05, 3.63) is 60.5 Å². The Kier molecular flexibility index (Phi) is 5.43. The van der Waals surface area contributed by atoms with Crippen molar-refractivity contribution >= 4 is 33.7 Å². The van der Waals surface area contributed by atoms with Gasteiger partial charge in [0.05, 0.1) is 45.9 Å². The molecule has 35 heavy (non-hydrogen) atoms. The van der Waals surface area contributed by atoms with Gasteiger partial charge in [-0.15, -0.1) is 0 Å². The van der Waals surface area contributed by atoms with Crippen LogP contribution in [0.5, 0.6) is 0 Å². The maximum absolute atomic E-state index is 14.7. The van der Waals surface area contributed by atoms with Gasteiger partial charge in [-0.1, -0.05) is 12.5 Å². The number of rotatable bonds is 3. The second-order valence-electron chi connectivity index (χ2n) is 8.30. The van der Waals surface area contributed by atoms with E-state index in [1.54, 1.807) is 34.8 Å². The summed E-state index contributed by atoms with van der Waals surface area (Å²) in [6.07, 6.45) is 1.35. The highest BCUT2D eigenvalue weighted by atomic mass is 19.3. The monoisotopic (exact) mass is 479 g/mol. The Morgan fingerprint density at radius 2 is 2.09 bits per heavy atom. The van der Waals surface area contributed by atoms with E-state index >= 15 is 0 Å². The van der Waals surface area contributed by atoms with Gasteiger partial charge in [-0.25, -0.2) is 23.1 Å². The molecule has 1 fully saturated rings. The number of carbonyl (C=O) groups excluding carboxylic acids is 1. The minimum Gasteiger partial charge on any atom is -0.383 e. The fourth-order valence-corrected chi connectivity index (χ4v) is 4.48. The standard InChI is InChI=1S/C24H20F3N7O/c1-3-21(35)33-11-14(9-20(33)23(26)27)34-18-6-7-29-24(28)22(18)16(31-34)5-4-13-8-17-19(10-15(13)25)32(2)12-30-17/h3,6-8,10,12,14,20,23H,1,9,11H2,2H3,(H2,28,29)/t14-,20?/m0/s1. The van der Waals surface area contributed by atoms with Crippen LogP contribution in [-0.4, -0.2) is 54.1 Å². The molecule has 4 heterocycles. The summed E-state index contributed by atoms with van der Waals surface area (Å²) in [5.41, 5.74) is 8.21. The highest BCUT2D eigenvalue weighted by Gasteiger charge is 2.41. The highest BCUT2D eigenvalue weighted by Crippen LogP contribution is 2.34. The molecule has 1 aliphatic heterocycles. The molecule has 3 aromatic heterocycles. The van der Waals surface area contributed by atoms with Crippen LogP contribution in [0.25, 0.3) is 21.9 Å². The van der Waals surface area contributed by atoms with Crippen LogP contribution < -0.4 is 5.73 Å². The van der Waals surface area contributed by atoms with Crippen molar-refractivity contribution < 1.29 is 18.0 Å². The number of halogens is 3. The lowest BCUT2D eigenvalue weighted by Gasteiger charge is -2.21. The van der Waals surface area contributed by atoms with Crippen molar-refractivity contribution in [1.29, 1.82) is 0 Å². The van der Waals surface area contributed by atoms with Crippen LogP contribution in [0.15, 0.2) is 43.4 Å². The van der Waals surface area contributed by atoms with E-state index in [-0.39, 0.29) is 30.0 Å². The molecule has 0 aliphatic carbocycles. The van der Waals surface area contributed by atoms with E-state index in [4.69, 9.17) is 5.73 Å². The Morgan fingerprint density at radius 1 is 1.29 bits per heavy atom. The van der Waals surface area contributed by atoms with E-state index in [2.05, 4.69) is 33.5 Å². The van der Waals surface area contributed by atoms with Crippen molar-refractivity contribution in [1.82, 2.24) is 29.2 Å². The number of imidazole rings is 1. The topological polar surface area (TPSA) is 94.9 Å². The molecule has 1 saturated heterocycles. The van der Waals surface area contributed by atoms with Gasteiger partial charge in [-0.05, 0) is 30.6 Å². The smallest absolute Gasteiger partial charge is 0.258 e. The number of amides is 1. The molecule has 178 valence electrons. The molecule has 1 amide bonds. The minimum atomic E-state index is -2.72. The number of alkyl halides is 2. The third-order valence-corrected chi connectivity index (χ3v) is 6.20. The quantitative estimate of drug-likeness (QED) is 0.360. The summed E-state index contributed by atoms with van der Waals surface area (Å²) in [4.78, 5) is 21.6. The van der Waals surface area contributed by atoms with Gasteiger partial charge >= 0.3 is 0 Å². The maximum atomic E-state index is 14.7. The van der Waals surface area contributed by atoms with E-state index in [9.17, 15) is 18.0 Å². The number of nitrogens with two attached hydrogens (primary N) is 1. The lowest BCUT2D eigenvalue weighted by Crippen LogP contribution is -2.38. The average Bonchev–Trinajstić information content (AvgIpc) is 3.53. The van der Waals surface area contributed by atoms with Crippen LogP contribution in [0, 0.1) is 17.7 Å². The third kappa shape index (κ3) is 3.77. The molecular weight excluding hydrogens is 459 g/mol. The highest BCUT2D eigenvalue weighted by molar-refractivity contribution is 5.93. The van der Waals surface area contributed by atoms with Gasteiger partial charge in [0.25, 0.3) is 6.43 Å². The lowest BCUT2D eigenvalue weighted by atomic mass is 10.1. The van der Waals surface area contributed by atoms with Gasteiger partial charge in [-0.3, -0.25) is 9.48 Å². The zero-order valence-electron chi connectivity index (χ0n) is 18.6. The first-order chi connectivity index (χ1) is 16.8. The molecule has 0 spiro atoms. The number of nitrogen functional groups attached to an aromatic ring is 1. The van der Waals surface area contributed by atoms with E-state index in [1.807, 2.05) is 0 Å². The summed E-state index contributed by atoms with van der Waals surface area (Å²) < 4.78 is 45.2. The summed E-state index contributed by atoms with van der Waals surface area (Å²) >= 11 is 0. The first kappa shape index (κ1) is 22.5. The molecule has 2 atom stereocenters. The summed E-state index contributed by atoms with van der Waals surface area (Å²) in [5.74, 6) is 4.71. The molecule has 1 aliphatic rings. The van der Waals surface area contributed by atoms with Crippen molar-refractivity contribution in [3.8, 4) is 11.8 Å². The summed E-state index contributed by atoms with van der Waals surface area (Å²) in [6, 6.07) is 2.74. The zero-order valence-corrected chi connectivity index (χ0v) is 18.6. The van der Waals surface area contributed by atoms with Gasteiger partial charge in [0.1, 0.15) is 17.3 Å². The molecule has 0 radical (unpaired) electrons. The largest absolute Gasteiger partial charge is 0.383 e. The van der Waals surface area contributed by atoms with E-state index in [1.165, 1.54) is 12.3 Å². The van der Waals surface area contributed by atoms with Crippen molar-refractivity contribution in [3.63, 3.8) is 0 Å².